The lowest BCUT2D eigenvalue weighted by Gasteiger charge is -2.24. The van der Waals surface area contributed by atoms with Gasteiger partial charge in [-0.05, 0) is 24.5 Å². The maximum Gasteiger partial charge on any atom is 0.228 e. The number of rotatable bonds is 3. The van der Waals surface area contributed by atoms with E-state index < -0.39 is 15.7 Å². The van der Waals surface area contributed by atoms with Crippen LogP contribution in [0.4, 0.5) is 10.1 Å². The summed E-state index contributed by atoms with van der Waals surface area (Å²) in [4.78, 5) is 13.9. The average Bonchev–Trinajstić information content (AvgIpc) is 3.04. The number of para-hydroxylation sites is 1. The van der Waals surface area contributed by atoms with Gasteiger partial charge in [0.2, 0.25) is 5.91 Å². The molecule has 6 heteroatoms. The highest BCUT2D eigenvalue weighted by molar-refractivity contribution is 7.90. The van der Waals surface area contributed by atoms with E-state index in [-0.39, 0.29) is 23.5 Å². The third kappa shape index (κ3) is 2.64. The summed E-state index contributed by atoms with van der Waals surface area (Å²) in [6, 6.07) is 4.97. The zero-order valence-corrected chi connectivity index (χ0v) is 13.5. The van der Waals surface area contributed by atoms with Crippen LogP contribution in [0, 0.1) is 5.82 Å². The summed E-state index contributed by atoms with van der Waals surface area (Å²) in [5.41, 5.74) is 1.14. The Balaban J connectivity index is 1.93. The summed E-state index contributed by atoms with van der Waals surface area (Å²) in [6.07, 6.45) is 5.10. The van der Waals surface area contributed by atoms with Gasteiger partial charge in [-0.1, -0.05) is 25.0 Å². The number of carbonyl (C=O) groups excluding carboxylic acids is 1. The van der Waals surface area contributed by atoms with E-state index in [4.69, 9.17) is 0 Å². The van der Waals surface area contributed by atoms with Crippen molar-refractivity contribution < 1.29 is 17.6 Å². The Morgan fingerprint density at radius 3 is 2.64 bits per heavy atom. The van der Waals surface area contributed by atoms with Crippen LogP contribution in [0.1, 0.15) is 37.7 Å². The molecule has 1 aromatic rings. The smallest absolute Gasteiger partial charge is 0.228 e. The summed E-state index contributed by atoms with van der Waals surface area (Å²) in [6.45, 7) is 0.478. The third-order valence-electron chi connectivity index (χ3n) is 4.84. The molecule has 0 aromatic heterocycles. The van der Waals surface area contributed by atoms with Crippen molar-refractivity contribution in [2.45, 2.75) is 37.5 Å². The monoisotopic (exact) mass is 325 g/mol. The number of sulfone groups is 1. The van der Waals surface area contributed by atoms with Crippen molar-refractivity contribution in [3.8, 4) is 0 Å². The van der Waals surface area contributed by atoms with Gasteiger partial charge in [0.15, 0.2) is 0 Å². The fourth-order valence-corrected chi connectivity index (χ4v) is 4.33. The van der Waals surface area contributed by atoms with Crippen LogP contribution in [-0.2, 0) is 20.0 Å². The first-order valence-corrected chi connectivity index (χ1v) is 9.66. The number of nitrogens with zero attached hydrogens (tertiary/aromatic N) is 1. The minimum atomic E-state index is -3.21. The van der Waals surface area contributed by atoms with Crippen LogP contribution in [0.25, 0.3) is 0 Å². The first kappa shape index (κ1) is 15.5. The van der Waals surface area contributed by atoms with Crippen molar-refractivity contribution in [1.29, 1.82) is 0 Å². The molecule has 0 radical (unpaired) electrons. The minimum Gasteiger partial charge on any atom is -0.308 e. The van der Waals surface area contributed by atoms with Gasteiger partial charge in [-0.3, -0.25) is 4.79 Å². The minimum absolute atomic E-state index is 0.0946. The molecule has 1 heterocycles. The molecule has 1 aliphatic carbocycles. The van der Waals surface area contributed by atoms with E-state index in [2.05, 4.69) is 0 Å². The molecule has 1 spiro atoms. The van der Waals surface area contributed by atoms with Gasteiger partial charge in [0.25, 0.3) is 0 Å². The van der Waals surface area contributed by atoms with Crippen LogP contribution in [0.2, 0.25) is 0 Å². The Morgan fingerprint density at radius 1 is 1.32 bits per heavy atom. The van der Waals surface area contributed by atoms with Crippen molar-refractivity contribution in [2.75, 3.05) is 23.5 Å². The van der Waals surface area contributed by atoms with Crippen LogP contribution in [0.5, 0.6) is 0 Å². The molecule has 1 amide bonds. The molecule has 0 unspecified atom stereocenters. The molecule has 0 saturated heterocycles. The first-order valence-electron chi connectivity index (χ1n) is 7.60. The number of carbonyl (C=O) groups is 1. The number of amides is 1. The Hall–Kier alpha value is -1.43. The molecule has 22 heavy (non-hydrogen) atoms. The van der Waals surface area contributed by atoms with Crippen molar-refractivity contribution in [3.05, 3.63) is 29.6 Å². The van der Waals surface area contributed by atoms with Crippen molar-refractivity contribution >= 4 is 21.4 Å². The first-order chi connectivity index (χ1) is 10.3. The maximum absolute atomic E-state index is 14.3. The van der Waals surface area contributed by atoms with E-state index >= 15 is 0 Å². The van der Waals surface area contributed by atoms with Crippen molar-refractivity contribution in [3.63, 3.8) is 0 Å². The Labute approximate surface area is 130 Å². The molecular weight excluding hydrogens is 305 g/mol. The molecule has 1 saturated carbocycles. The van der Waals surface area contributed by atoms with Gasteiger partial charge in [0.05, 0.1) is 11.4 Å². The predicted octanol–water partition coefficient (Wildman–Crippen LogP) is 2.42. The normalized spacial score (nSPS) is 19.6. The molecule has 1 aliphatic heterocycles. The second-order valence-electron chi connectivity index (χ2n) is 6.48. The van der Waals surface area contributed by atoms with E-state index in [9.17, 15) is 17.6 Å². The van der Waals surface area contributed by atoms with Gasteiger partial charge in [-0.25, -0.2) is 12.8 Å². The molecule has 0 bridgehead atoms. The number of hydrogen-bond donors (Lipinski definition) is 0. The zero-order valence-electron chi connectivity index (χ0n) is 12.6. The van der Waals surface area contributed by atoms with Gasteiger partial charge >= 0.3 is 0 Å². The summed E-state index contributed by atoms with van der Waals surface area (Å²) in [7, 11) is -3.21. The molecule has 0 atom stereocenters. The number of halogens is 1. The van der Waals surface area contributed by atoms with E-state index in [0.717, 1.165) is 37.5 Å². The Morgan fingerprint density at radius 2 is 2.00 bits per heavy atom. The molecule has 0 N–H and O–H groups in total. The third-order valence-corrected chi connectivity index (χ3v) is 5.78. The molecule has 1 fully saturated rings. The van der Waals surface area contributed by atoms with Crippen molar-refractivity contribution in [2.24, 2.45) is 0 Å². The van der Waals surface area contributed by atoms with Gasteiger partial charge in [-0.2, -0.15) is 0 Å². The van der Waals surface area contributed by atoms with Crippen LogP contribution in [0.15, 0.2) is 18.2 Å². The lowest BCUT2D eigenvalue weighted by molar-refractivity contribution is -0.118. The van der Waals surface area contributed by atoms with Gasteiger partial charge in [0.1, 0.15) is 15.7 Å². The lowest BCUT2D eigenvalue weighted by Crippen LogP contribution is -2.36. The second kappa shape index (κ2) is 5.33. The highest BCUT2D eigenvalue weighted by atomic mass is 32.2. The average molecular weight is 325 g/mol. The van der Waals surface area contributed by atoms with Crippen LogP contribution >= 0.6 is 0 Å². The maximum atomic E-state index is 14.3. The quantitative estimate of drug-likeness (QED) is 0.857. The highest BCUT2D eigenvalue weighted by Gasteiger charge is 2.47. The summed E-state index contributed by atoms with van der Waals surface area (Å²) < 4.78 is 36.8. The largest absolute Gasteiger partial charge is 0.308 e. The fourth-order valence-electron chi connectivity index (χ4n) is 3.78. The van der Waals surface area contributed by atoms with E-state index in [1.807, 2.05) is 6.07 Å². The molecule has 4 nitrogen and oxygen atoms in total. The summed E-state index contributed by atoms with van der Waals surface area (Å²) >= 11 is 0. The number of fused-ring (bicyclic) bond motifs is 2. The van der Waals surface area contributed by atoms with Gasteiger partial charge in [-0.15, -0.1) is 0 Å². The zero-order chi connectivity index (χ0) is 16.0. The van der Waals surface area contributed by atoms with E-state index in [1.54, 1.807) is 6.07 Å². The second-order valence-corrected chi connectivity index (χ2v) is 8.74. The molecule has 120 valence electrons. The van der Waals surface area contributed by atoms with E-state index in [1.165, 1.54) is 11.0 Å². The molecule has 1 aromatic carbocycles. The lowest BCUT2D eigenvalue weighted by atomic mass is 9.81. The highest BCUT2D eigenvalue weighted by Crippen LogP contribution is 2.51. The van der Waals surface area contributed by atoms with Crippen LogP contribution in [0.3, 0.4) is 0 Å². The fraction of sp³-hybridized carbons (Fsp3) is 0.562. The van der Waals surface area contributed by atoms with Gasteiger partial charge in [0, 0.05) is 24.6 Å². The Bertz CT molecular complexity index is 708. The van der Waals surface area contributed by atoms with Gasteiger partial charge < -0.3 is 4.90 Å². The summed E-state index contributed by atoms with van der Waals surface area (Å²) in [5.74, 6) is -0.895. The standard InChI is InChI=1S/C16H20FNO3S/c1-22(20,21)10-7-14(19)18-11-16(8-2-3-9-16)12-5-4-6-13(17)15(12)18/h4-6H,2-3,7-11H2,1H3. The summed E-state index contributed by atoms with van der Waals surface area (Å²) in [5, 5.41) is 0. The van der Waals surface area contributed by atoms with Crippen LogP contribution < -0.4 is 4.90 Å². The predicted molar refractivity (Wildman–Crippen MR) is 83.2 cm³/mol. The van der Waals surface area contributed by atoms with Crippen molar-refractivity contribution in [1.82, 2.24) is 0 Å². The SMILES string of the molecule is CS(=O)(=O)CCC(=O)N1CC2(CCCC2)c2cccc(F)c21. The van der Waals surface area contributed by atoms with Crippen LogP contribution in [-0.4, -0.2) is 32.9 Å². The topological polar surface area (TPSA) is 54.5 Å². The molecular formula is C16H20FNO3S. The Kier molecular flexibility index (Phi) is 3.75. The number of benzene rings is 1. The molecule has 3 rings (SSSR count). The number of anilines is 1. The number of hydrogen-bond acceptors (Lipinski definition) is 3. The van der Waals surface area contributed by atoms with E-state index in [0.29, 0.717) is 12.2 Å². The molecule has 2 aliphatic rings.